The highest BCUT2D eigenvalue weighted by molar-refractivity contribution is 7.99. The number of thioether (sulfide) groups is 1. The van der Waals surface area contributed by atoms with Gasteiger partial charge >= 0.3 is 0 Å². The average Bonchev–Trinajstić information content (AvgIpc) is 2.85. The van der Waals surface area contributed by atoms with Crippen LogP contribution in [0.15, 0.2) is 29.2 Å². The summed E-state index contributed by atoms with van der Waals surface area (Å²) in [4.78, 5) is 4.43. The summed E-state index contributed by atoms with van der Waals surface area (Å²) in [6.07, 6.45) is 0.778. The van der Waals surface area contributed by atoms with Crippen LogP contribution in [0, 0.1) is 0 Å². The molecule has 110 valence electrons. The standard InChI is InChI=1S/C15H22N2OS2/c1-18-9-8-17(7-6-15(16)19)10-12-11-20-14-5-3-2-4-13(12)14/h2-5,12H,6-11H2,1H3,(H2,16,19). The molecule has 1 aliphatic heterocycles. The van der Waals surface area contributed by atoms with E-state index in [2.05, 4.69) is 29.2 Å². The molecule has 1 atom stereocenters. The maximum atomic E-state index is 5.62. The second-order valence-electron chi connectivity index (χ2n) is 5.06. The molecule has 0 saturated heterocycles. The number of ether oxygens (including phenoxy) is 1. The second-order valence-corrected chi connectivity index (χ2v) is 6.64. The number of hydrogen-bond donors (Lipinski definition) is 1. The largest absolute Gasteiger partial charge is 0.393 e. The lowest BCUT2D eigenvalue weighted by Crippen LogP contribution is -2.34. The Balaban J connectivity index is 1.95. The summed E-state index contributed by atoms with van der Waals surface area (Å²) in [5, 5.41) is 0. The summed E-state index contributed by atoms with van der Waals surface area (Å²) >= 11 is 6.95. The molecule has 0 fully saturated rings. The molecule has 0 aliphatic carbocycles. The van der Waals surface area contributed by atoms with Gasteiger partial charge in [0.25, 0.3) is 0 Å². The quantitative estimate of drug-likeness (QED) is 0.747. The van der Waals surface area contributed by atoms with Gasteiger partial charge in [-0.15, -0.1) is 11.8 Å². The Morgan fingerprint density at radius 2 is 2.25 bits per heavy atom. The molecule has 2 rings (SSSR count). The van der Waals surface area contributed by atoms with E-state index >= 15 is 0 Å². The Hall–Kier alpha value is -0.620. The zero-order chi connectivity index (χ0) is 14.4. The van der Waals surface area contributed by atoms with Crippen molar-refractivity contribution in [3.05, 3.63) is 29.8 Å². The number of fused-ring (bicyclic) bond motifs is 1. The van der Waals surface area contributed by atoms with Crippen LogP contribution in [0.3, 0.4) is 0 Å². The van der Waals surface area contributed by atoms with Gasteiger partial charge < -0.3 is 10.5 Å². The maximum Gasteiger partial charge on any atom is 0.0740 e. The number of benzene rings is 1. The molecule has 20 heavy (non-hydrogen) atoms. The van der Waals surface area contributed by atoms with Crippen LogP contribution in [0.5, 0.6) is 0 Å². The lowest BCUT2D eigenvalue weighted by atomic mass is 10.0. The fraction of sp³-hybridized carbons (Fsp3) is 0.533. The van der Waals surface area contributed by atoms with Crippen LogP contribution in [0.25, 0.3) is 0 Å². The van der Waals surface area contributed by atoms with Crippen LogP contribution in [-0.2, 0) is 4.74 Å². The highest BCUT2D eigenvalue weighted by atomic mass is 32.2. The van der Waals surface area contributed by atoms with E-state index in [4.69, 9.17) is 22.7 Å². The lowest BCUT2D eigenvalue weighted by molar-refractivity contribution is 0.146. The van der Waals surface area contributed by atoms with Crippen molar-refractivity contribution >= 4 is 29.0 Å². The van der Waals surface area contributed by atoms with E-state index < -0.39 is 0 Å². The summed E-state index contributed by atoms with van der Waals surface area (Å²) < 4.78 is 5.20. The number of nitrogens with two attached hydrogens (primary N) is 1. The van der Waals surface area contributed by atoms with E-state index in [1.165, 1.54) is 10.5 Å². The van der Waals surface area contributed by atoms with E-state index in [-0.39, 0.29) is 0 Å². The van der Waals surface area contributed by atoms with Gasteiger partial charge in [-0.3, -0.25) is 4.90 Å². The first kappa shape index (κ1) is 15.8. The third-order valence-corrected chi connectivity index (χ3v) is 5.02. The van der Waals surface area contributed by atoms with Crippen molar-refractivity contribution in [3.8, 4) is 0 Å². The monoisotopic (exact) mass is 310 g/mol. The Labute approximate surface area is 130 Å². The molecule has 2 N–H and O–H groups in total. The number of rotatable bonds is 8. The second kappa shape index (κ2) is 7.98. The molecule has 0 radical (unpaired) electrons. The summed E-state index contributed by atoms with van der Waals surface area (Å²) in [5.74, 6) is 1.76. The van der Waals surface area contributed by atoms with E-state index in [1.54, 1.807) is 7.11 Å². The molecular formula is C15H22N2OS2. The van der Waals surface area contributed by atoms with Crippen molar-refractivity contribution in [3.63, 3.8) is 0 Å². The first-order valence-electron chi connectivity index (χ1n) is 6.92. The van der Waals surface area contributed by atoms with Crippen molar-refractivity contribution in [2.75, 3.05) is 39.1 Å². The summed E-state index contributed by atoms with van der Waals surface area (Å²) in [6, 6.07) is 8.71. The minimum atomic E-state index is 0.591. The predicted octanol–water partition coefficient (Wildman–Crippen LogP) is 2.50. The summed E-state index contributed by atoms with van der Waals surface area (Å²) in [5.41, 5.74) is 7.11. The molecule has 0 spiro atoms. The molecule has 1 aromatic carbocycles. The Kier molecular flexibility index (Phi) is 6.29. The highest BCUT2D eigenvalue weighted by Crippen LogP contribution is 2.39. The van der Waals surface area contributed by atoms with Crippen molar-refractivity contribution in [1.82, 2.24) is 4.90 Å². The fourth-order valence-electron chi connectivity index (χ4n) is 2.48. The van der Waals surface area contributed by atoms with Gasteiger partial charge in [0, 0.05) is 49.7 Å². The van der Waals surface area contributed by atoms with Crippen molar-refractivity contribution in [1.29, 1.82) is 0 Å². The zero-order valence-electron chi connectivity index (χ0n) is 11.9. The van der Waals surface area contributed by atoms with E-state index in [0.717, 1.165) is 38.4 Å². The number of nitrogens with zero attached hydrogens (tertiary/aromatic N) is 1. The third kappa shape index (κ3) is 4.45. The van der Waals surface area contributed by atoms with E-state index in [1.807, 2.05) is 11.8 Å². The van der Waals surface area contributed by atoms with E-state index in [9.17, 15) is 0 Å². The fourth-order valence-corrected chi connectivity index (χ4v) is 3.81. The van der Waals surface area contributed by atoms with Gasteiger partial charge in [0.05, 0.1) is 11.6 Å². The molecule has 0 saturated carbocycles. The maximum absolute atomic E-state index is 5.62. The molecule has 5 heteroatoms. The summed E-state index contributed by atoms with van der Waals surface area (Å²) in [6.45, 7) is 3.65. The Morgan fingerprint density at radius 3 is 3.00 bits per heavy atom. The highest BCUT2D eigenvalue weighted by Gasteiger charge is 2.24. The number of methoxy groups -OCH3 is 1. The van der Waals surface area contributed by atoms with Crippen LogP contribution in [0.2, 0.25) is 0 Å². The van der Waals surface area contributed by atoms with E-state index in [0.29, 0.717) is 10.9 Å². The van der Waals surface area contributed by atoms with Crippen LogP contribution in [-0.4, -0.2) is 49.0 Å². The normalized spacial score (nSPS) is 17.4. The van der Waals surface area contributed by atoms with Gasteiger partial charge in [0.2, 0.25) is 0 Å². The Bertz CT molecular complexity index is 453. The van der Waals surface area contributed by atoms with Crippen LogP contribution >= 0.6 is 24.0 Å². The lowest BCUT2D eigenvalue weighted by Gasteiger charge is -2.25. The molecule has 1 aromatic rings. The molecule has 1 aliphatic rings. The van der Waals surface area contributed by atoms with Crippen LogP contribution in [0.1, 0.15) is 17.9 Å². The first-order chi connectivity index (χ1) is 9.70. The summed E-state index contributed by atoms with van der Waals surface area (Å²) in [7, 11) is 1.74. The smallest absolute Gasteiger partial charge is 0.0740 e. The zero-order valence-corrected chi connectivity index (χ0v) is 13.5. The molecule has 0 aromatic heterocycles. The number of thiocarbonyl (C=S) groups is 1. The molecule has 3 nitrogen and oxygen atoms in total. The molecule has 0 bridgehead atoms. The van der Waals surface area contributed by atoms with Gasteiger partial charge in [0.15, 0.2) is 0 Å². The van der Waals surface area contributed by atoms with Crippen LogP contribution < -0.4 is 5.73 Å². The van der Waals surface area contributed by atoms with Crippen LogP contribution in [0.4, 0.5) is 0 Å². The Morgan fingerprint density at radius 1 is 1.45 bits per heavy atom. The molecule has 1 unspecified atom stereocenters. The molecular weight excluding hydrogens is 288 g/mol. The van der Waals surface area contributed by atoms with Gasteiger partial charge in [-0.25, -0.2) is 0 Å². The minimum Gasteiger partial charge on any atom is -0.393 e. The molecule has 1 heterocycles. The first-order valence-corrected chi connectivity index (χ1v) is 8.31. The predicted molar refractivity (Wildman–Crippen MR) is 89.6 cm³/mol. The SMILES string of the molecule is COCCN(CCC(N)=S)CC1CSc2ccccc21. The third-order valence-electron chi connectivity index (χ3n) is 3.56. The van der Waals surface area contributed by atoms with Crippen molar-refractivity contribution in [2.24, 2.45) is 5.73 Å². The van der Waals surface area contributed by atoms with Gasteiger partial charge in [-0.2, -0.15) is 0 Å². The van der Waals surface area contributed by atoms with Gasteiger partial charge in [0.1, 0.15) is 0 Å². The molecule has 0 amide bonds. The van der Waals surface area contributed by atoms with Gasteiger partial charge in [-0.05, 0) is 11.6 Å². The minimum absolute atomic E-state index is 0.591. The van der Waals surface area contributed by atoms with Crippen molar-refractivity contribution in [2.45, 2.75) is 17.2 Å². The topological polar surface area (TPSA) is 38.5 Å². The van der Waals surface area contributed by atoms with Gasteiger partial charge in [-0.1, -0.05) is 30.4 Å². The van der Waals surface area contributed by atoms with Crippen molar-refractivity contribution < 1.29 is 4.74 Å². The average molecular weight is 310 g/mol. The number of hydrogen-bond acceptors (Lipinski definition) is 4.